The molecule has 9 heteroatoms. The molecule has 0 unspecified atom stereocenters. The summed E-state index contributed by atoms with van der Waals surface area (Å²) in [6.45, 7) is 5.12. The number of halogens is 1. The van der Waals surface area contributed by atoms with Crippen molar-refractivity contribution >= 4 is 21.8 Å². The molecule has 1 aliphatic rings. The van der Waals surface area contributed by atoms with E-state index in [4.69, 9.17) is 9.47 Å². The van der Waals surface area contributed by atoms with E-state index < -0.39 is 0 Å². The van der Waals surface area contributed by atoms with E-state index >= 15 is 0 Å². The van der Waals surface area contributed by atoms with Crippen LogP contribution in [0, 0.1) is 6.92 Å². The lowest BCUT2D eigenvalue weighted by molar-refractivity contribution is -0.0632. The molecule has 0 saturated carbocycles. The van der Waals surface area contributed by atoms with Crippen molar-refractivity contribution in [1.29, 1.82) is 0 Å². The zero-order valence-electron chi connectivity index (χ0n) is 16.7. The second-order valence-corrected chi connectivity index (χ2v) is 8.14. The highest BCUT2D eigenvalue weighted by atomic mass is 79.9. The van der Waals surface area contributed by atoms with Crippen molar-refractivity contribution in [2.75, 3.05) is 19.8 Å². The van der Waals surface area contributed by atoms with Gasteiger partial charge in [-0.25, -0.2) is 4.98 Å². The fraction of sp³-hybridized carbons (Fsp3) is 0.333. The van der Waals surface area contributed by atoms with Gasteiger partial charge in [-0.05, 0) is 48.0 Å². The third-order valence-corrected chi connectivity index (χ3v) is 5.37. The summed E-state index contributed by atoms with van der Waals surface area (Å²) in [6.07, 6.45) is 4.62. The molecule has 2 aromatic heterocycles. The van der Waals surface area contributed by atoms with Crippen molar-refractivity contribution in [1.82, 2.24) is 24.9 Å². The number of carbonyl (C=O) groups excluding carboxylic acids is 1. The number of nitrogens with zero attached hydrogens (tertiary/aromatic N) is 5. The first-order valence-electron chi connectivity index (χ1n) is 9.65. The summed E-state index contributed by atoms with van der Waals surface area (Å²) in [4.78, 5) is 21.0. The van der Waals surface area contributed by atoms with Gasteiger partial charge in [0.25, 0.3) is 5.91 Å². The zero-order valence-corrected chi connectivity index (χ0v) is 18.3. The van der Waals surface area contributed by atoms with E-state index in [0.29, 0.717) is 36.9 Å². The van der Waals surface area contributed by atoms with Crippen molar-refractivity contribution in [3.05, 3.63) is 64.5 Å². The Morgan fingerprint density at radius 3 is 2.80 bits per heavy atom. The number of carbonyl (C=O) groups is 1. The molecule has 8 nitrogen and oxygen atoms in total. The Labute approximate surface area is 182 Å². The fourth-order valence-corrected chi connectivity index (χ4v) is 3.55. The number of benzene rings is 1. The molecular formula is C21H22BrN5O3. The van der Waals surface area contributed by atoms with Gasteiger partial charge in [-0.15, -0.1) is 0 Å². The molecule has 1 aliphatic heterocycles. The number of morpholine rings is 1. The lowest BCUT2D eigenvalue weighted by atomic mass is 10.1. The van der Waals surface area contributed by atoms with Gasteiger partial charge in [-0.1, -0.05) is 11.6 Å². The lowest BCUT2D eigenvalue weighted by Gasteiger charge is -2.38. The summed E-state index contributed by atoms with van der Waals surface area (Å²) in [7, 11) is 0. The van der Waals surface area contributed by atoms with Crippen LogP contribution < -0.4 is 4.74 Å². The molecule has 156 valence electrons. The Morgan fingerprint density at radius 2 is 2.07 bits per heavy atom. The monoisotopic (exact) mass is 471 g/mol. The first-order chi connectivity index (χ1) is 14.5. The van der Waals surface area contributed by atoms with Crippen LogP contribution in [-0.4, -0.2) is 62.7 Å². The average molecular weight is 472 g/mol. The molecule has 1 saturated heterocycles. The van der Waals surface area contributed by atoms with E-state index in [-0.39, 0.29) is 18.1 Å². The van der Waals surface area contributed by atoms with E-state index in [1.165, 1.54) is 4.80 Å². The summed E-state index contributed by atoms with van der Waals surface area (Å²) >= 11 is 3.35. The smallest absolute Gasteiger partial charge is 0.256 e. The van der Waals surface area contributed by atoms with Gasteiger partial charge in [0.15, 0.2) is 0 Å². The highest BCUT2D eigenvalue weighted by Gasteiger charge is 2.32. The first kappa shape index (κ1) is 20.5. The first-order valence-corrected chi connectivity index (χ1v) is 10.4. The highest BCUT2D eigenvalue weighted by molar-refractivity contribution is 9.10. The van der Waals surface area contributed by atoms with E-state index in [9.17, 15) is 4.79 Å². The van der Waals surface area contributed by atoms with Crippen LogP contribution in [0.4, 0.5) is 0 Å². The van der Waals surface area contributed by atoms with Crippen LogP contribution in [-0.2, 0) is 4.74 Å². The predicted molar refractivity (Wildman–Crippen MR) is 114 cm³/mol. The van der Waals surface area contributed by atoms with Crippen LogP contribution >= 0.6 is 15.9 Å². The van der Waals surface area contributed by atoms with E-state index in [1.807, 2.05) is 43.0 Å². The van der Waals surface area contributed by atoms with Crippen LogP contribution in [0.15, 0.2) is 53.4 Å². The van der Waals surface area contributed by atoms with Crippen molar-refractivity contribution in [3.63, 3.8) is 0 Å². The van der Waals surface area contributed by atoms with Gasteiger partial charge in [0, 0.05) is 16.7 Å². The van der Waals surface area contributed by atoms with Gasteiger partial charge in [0.1, 0.15) is 12.7 Å². The van der Waals surface area contributed by atoms with Crippen molar-refractivity contribution in [3.8, 4) is 11.6 Å². The van der Waals surface area contributed by atoms with Gasteiger partial charge < -0.3 is 14.4 Å². The van der Waals surface area contributed by atoms with Gasteiger partial charge in [-0.3, -0.25) is 4.79 Å². The standard InChI is InChI=1S/C21H22BrN5O3/c1-14-3-5-19(27-24-7-8-25-27)18(9-14)21(28)26-11-17(29-12-15(26)2)13-30-20-6-4-16(22)10-23-20/h3-10,15,17H,11-13H2,1-2H3/t15-,17-/m1/s1. The molecule has 1 aromatic carbocycles. The SMILES string of the molecule is Cc1ccc(-n2nccn2)c(C(=O)N2C[C@H](COc3ccc(Br)cn3)OC[C@H]2C)c1. The minimum absolute atomic E-state index is 0.0569. The zero-order chi connectivity index (χ0) is 21.1. The second-order valence-electron chi connectivity index (χ2n) is 7.23. The summed E-state index contributed by atoms with van der Waals surface area (Å²) in [5, 5.41) is 8.37. The largest absolute Gasteiger partial charge is 0.475 e. The van der Waals surface area contributed by atoms with E-state index in [0.717, 1.165) is 10.0 Å². The maximum absolute atomic E-state index is 13.5. The molecule has 4 rings (SSSR count). The quantitative estimate of drug-likeness (QED) is 0.568. The van der Waals surface area contributed by atoms with Crippen LogP contribution in [0.1, 0.15) is 22.8 Å². The molecule has 1 amide bonds. The number of ether oxygens (including phenoxy) is 2. The minimum atomic E-state index is -0.244. The van der Waals surface area contributed by atoms with Gasteiger partial charge >= 0.3 is 0 Å². The number of amides is 1. The molecule has 0 aliphatic carbocycles. The normalized spacial score (nSPS) is 19.0. The molecule has 0 bridgehead atoms. The topological polar surface area (TPSA) is 82.4 Å². The molecule has 0 N–H and O–H groups in total. The fourth-order valence-electron chi connectivity index (χ4n) is 3.32. The van der Waals surface area contributed by atoms with Gasteiger partial charge in [0.05, 0.1) is 42.8 Å². The lowest BCUT2D eigenvalue weighted by Crippen LogP contribution is -2.52. The average Bonchev–Trinajstić information content (AvgIpc) is 3.28. The third-order valence-electron chi connectivity index (χ3n) is 4.90. The molecule has 30 heavy (non-hydrogen) atoms. The van der Waals surface area contributed by atoms with Gasteiger partial charge in [0.2, 0.25) is 5.88 Å². The van der Waals surface area contributed by atoms with E-state index in [1.54, 1.807) is 24.7 Å². The number of pyridine rings is 1. The summed E-state index contributed by atoms with van der Waals surface area (Å²) in [5.41, 5.74) is 2.21. The van der Waals surface area contributed by atoms with Crippen LogP contribution in [0.5, 0.6) is 5.88 Å². The Bertz CT molecular complexity index is 1010. The van der Waals surface area contributed by atoms with Crippen LogP contribution in [0.25, 0.3) is 5.69 Å². The number of hydrogen-bond acceptors (Lipinski definition) is 6. The molecule has 0 spiro atoms. The Balaban J connectivity index is 1.50. The number of aryl methyl sites for hydroxylation is 1. The Kier molecular flexibility index (Phi) is 6.10. The number of hydrogen-bond donors (Lipinski definition) is 0. The number of rotatable bonds is 5. The summed E-state index contributed by atoms with van der Waals surface area (Å²) < 4.78 is 12.5. The van der Waals surface area contributed by atoms with Crippen molar-refractivity contribution < 1.29 is 14.3 Å². The van der Waals surface area contributed by atoms with Crippen LogP contribution in [0.2, 0.25) is 0 Å². The van der Waals surface area contributed by atoms with Gasteiger partial charge in [-0.2, -0.15) is 15.0 Å². The highest BCUT2D eigenvalue weighted by Crippen LogP contribution is 2.22. The number of aromatic nitrogens is 4. The molecule has 3 aromatic rings. The molecule has 1 fully saturated rings. The Morgan fingerprint density at radius 1 is 1.27 bits per heavy atom. The Hall–Kier alpha value is -2.78. The minimum Gasteiger partial charge on any atom is -0.475 e. The molecule has 0 radical (unpaired) electrons. The summed E-state index contributed by atoms with van der Waals surface area (Å²) in [5.74, 6) is 0.442. The van der Waals surface area contributed by atoms with Crippen LogP contribution in [0.3, 0.4) is 0 Å². The maximum atomic E-state index is 13.5. The molecule has 3 heterocycles. The predicted octanol–water partition coefficient (Wildman–Crippen LogP) is 3.04. The maximum Gasteiger partial charge on any atom is 0.256 e. The molecule has 2 atom stereocenters. The van der Waals surface area contributed by atoms with Crippen molar-refractivity contribution in [2.24, 2.45) is 0 Å². The molecular weight excluding hydrogens is 450 g/mol. The van der Waals surface area contributed by atoms with Crippen molar-refractivity contribution in [2.45, 2.75) is 26.0 Å². The summed E-state index contributed by atoms with van der Waals surface area (Å²) in [6, 6.07) is 9.28. The third kappa shape index (κ3) is 4.52. The van der Waals surface area contributed by atoms with E-state index in [2.05, 4.69) is 31.1 Å². The second kappa shape index (κ2) is 8.93.